The third-order valence-electron chi connectivity index (χ3n) is 3.36. The minimum absolute atomic E-state index is 0.149. The zero-order chi connectivity index (χ0) is 14.8. The van der Waals surface area contributed by atoms with Crippen LogP contribution in [0.3, 0.4) is 0 Å². The molecule has 2 nitrogen and oxygen atoms in total. The molecule has 108 valence electrons. The summed E-state index contributed by atoms with van der Waals surface area (Å²) in [6.07, 6.45) is 1.96. The van der Waals surface area contributed by atoms with Crippen LogP contribution in [0.4, 0.5) is 4.39 Å². The minimum Gasteiger partial charge on any atom is -0.361 e. The van der Waals surface area contributed by atoms with Crippen molar-refractivity contribution in [3.63, 3.8) is 0 Å². The molecule has 0 aliphatic heterocycles. The van der Waals surface area contributed by atoms with Gasteiger partial charge in [-0.2, -0.15) is 0 Å². The molecule has 0 unspecified atom stereocenters. The van der Waals surface area contributed by atoms with Crippen LogP contribution in [0.25, 0.3) is 10.9 Å². The molecule has 0 saturated heterocycles. The SMILES string of the molecule is Fc1ccc(CNCc2c[nH]c3cc(Cl)ccc23)cc1Cl. The predicted molar refractivity (Wildman–Crippen MR) is 85.3 cm³/mol. The summed E-state index contributed by atoms with van der Waals surface area (Å²) in [6.45, 7) is 1.33. The molecule has 0 saturated carbocycles. The Balaban J connectivity index is 1.68. The normalized spacial score (nSPS) is 11.2. The van der Waals surface area contributed by atoms with Crippen molar-refractivity contribution in [3.8, 4) is 0 Å². The van der Waals surface area contributed by atoms with Crippen LogP contribution in [0, 0.1) is 5.82 Å². The van der Waals surface area contributed by atoms with Gasteiger partial charge in [0.25, 0.3) is 0 Å². The van der Waals surface area contributed by atoms with Gasteiger partial charge in [0.2, 0.25) is 0 Å². The second kappa shape index (κ2) is 6.06. The van der Waals surface area contributed by atoms with Crippen LogP contribution >= 0.6 is 23.2 Å². The fraction of sp³-hybridized carbons (Fsp3) is 0.125. The summed E-state index contributed by atoms with van der Waals surface area (Å²) in [7, 11) is 0. The van der Waals surface area contributed by atoms with Crippen LogP contribution in [0.1, 0.15) is 11.1 Å². The Morgan fingerprint density at radius 1 is 1.05 bits per heavy atom. The molecule has 3 aromatic rings. The molecule has 0 bridgehead atoms. The first-order valence-electron chi connectivity index (χ1n) is 6.53. The van der Waals surface area contributed by atoms with Gasteiger partial charge in [0, 0.05) is 35.2 Å². The Labute approximate surface area is 131 Å². The van der Waals surface area contributed by atoms with Gasteiger partial charge in [0.15, 0.2) is 0 Å². The molecule has 2 aromatic carbocycles. The van der Waals surface area contributed by atoms with E-state index in [-0.39, 0.29) is 5.02 Å². The van der Waals surface area contributed by atoms with E-state index in [2.05, 4.69) is 10.3 Å². The molecule has 3 rings (SSSR count). The van der Waals surface area contributed by atoms with Crippen LogP contribution in [0.5, 0.6) is 0 Å². The number of H-pyrrole nitrogens is 1. The number of halogens is 3. The molecule has 0 aliphatic rings. The van der Waals surface area contributed by atoms with Crippen molar-refractivity contribution in [2.75, 3.05) is 0 Å². The largest absolute Gasteiger partial charge is 0.361 e. The average molecular weight is 323 g/mol. The summed E-state index contributed by atoms with van der Waals surface area (Å²) in [6, 6.07) is 10.5. The molecule has 0 fully saturated rings. The molecule has 21 heavy (non-hydrogen) atoms. The third kappa shape index (κ3) is 3.21. The summed E-state index contributed by atoms with van der Waals surface area (Å²) in [5.41, 5.74) is 3.13. The van der Waals surface area contributed by atoms with Gasteiger partial charge in [-0.1, -0.05) is 35.3 Å². The lowest BCUT2D eigenvalue weighted by molar-refractivity contribution is 0.625. The summed E-state index contributed by atoms with van der Waals surface area (Å²) in [4.78, 5) is 3.20. The first kappa shape index (κ1) is 14.4. The lowest BCUT2D eigenvalue weighted by Crippen LogP contribution is -2.12. The van der Waals surface area contributed by atoms with Gasteiger partial charge in [-0.3, -0.25) is 0 Å². The van der Waals surface area contributed by atoms with Gasteiger partial charge >= 0.3 is 0 Å². The van der Waals surface area contributed by atoms with E-state index in [0.29, 0.717) is 18.1 Å². The third-order valence-corrected chi connectivity index (χ3v) is 3.88. The van der Waals surface area contributed by atoms with Crippen molar-refractivity contribution >= 4 is 34.1 Å². The number of nitrogens with one attached hydrogen (secondary N) is 2. The van der Waals surface area contributed by atoms with E-state index in [1.54, 1.807) is 12.1 Å². The van der Waals surface area contributed by atoms with Crippen molar-refractivity contribution in [1.82, 2.24) is 10.3 Å². The van der Waals surface area contributed by atoms with Crippen molar-refractivity contribution in [2.24, 2.45) is 0 Å². The summed E-state index contributed by atoms with van der Waals surface area (Å²) >= 11 is 11.7. The van der Waals surface area contributed by atoms with Crippen molar-refractivity contribution in [3.05, 3.63) is 69.6 Å². The lowest BCUT2D eigenvalue weighted by atomic mass is 10.1. The van der Waals surface area contributed by atoms with E-state index >= 15 is 0 Å². The molecular weight excluding hydrogens is 310 g/mol. The zero-order valence-electron chi connectivity index (χ0n) is 11.1. The smallest absolute Gasteiger partial charge is 0.141 e. The van der Waals surface area contributed by atoms with Crippen LogP contribution in [-0.2, 0) is 13.1 Å². The zero-order valence-corrected chi connectivity index (χ0v) is 12.6. The van der Waals surface area contributed by atoms with E-state index in [4.69, 9.17) is 23.2 Å². The molecule has 0 aliphatic carbocycles. The van der Waals surface area contributed by atoms with Crippen LogP contribution in [-0.4, -0.2) is 4.98 Å². The fourth-order valence-electron chi connectivity index (χ4n) is 2.30. The quantitative estimate of drug-likeness (QED) is 0.702. The number of aromatic amines is 1. The van der Waals surface area contributed by atoms with Gasteiger partial charge in [-0.25, -0.2) is 4.39 Å². The second-order valence-electron chi connectivity index (χ2n) is 4.86. The fourth-order valence-corrected chi connectivity index (χ4v) is 2.67. The molecule has 0 atom stereocenters. The topological polar surface area (TPSA) is 27.8 Å². The number of fused-ring (bicyclic) bond motifs is 1. The molecule has 1 aromatic heterocycles. The highest BCUT2D eigenvalue weighted by molar-refractivity contribution is 6.31. The molecular formula is C16H13Cl2FN2. The highest BCUT2D eigenvalue weighted by atomic mass is 35.5. The summed E-state index contributed by atoms with van der Waals surface area (Å²) in [5.74, 6) is -0.395. The highest BCUT2D eigenvalue weighted by Crippen LogP contribution is 2.22. The van der Waals surface area contributed by atoms with Gasteiger partial charge in [0.1, 0.15) is 5.82 Å². The first-order valence-corrected chi connectivity index (χ1v) is 7.29. The minimum atomic E-state index is -0.395. The monoisotopic (exact) mass is 322 g/mol. The van der Waals surface area contributed by atoms with E-state index in [1.165, 1.54) is 6.07 Å². The summed E-state index contributed by atoms with van der Waals surface area (Å²) < 4.78 is 13.1. The van der Waals surface area contributed by atoms with E-state index in [0.717, 1.165) is 22.0 Å². The van der Waals surface area contributed by atoms with Crippen molar-refractivity contribution in [2.45, 2.75) is 13.1 Å². The Morgan fingerprint density at radius 2 is 1.90 bits per heavy atom. The Morgan fingerprint density at radius 3 is 2.71 bits per heavy atom. The number of benzene rings is 2. The Hall–Kier alpha value is -1.55. The number of aromatic nitrogens is 1. The lowest BCUT2D eigenvalue weighted by Gasteiger charge is -2.05. The second-order valence-corrected chi connectivity index (χ2v) is 5.70. The summed E-state index contributed by atoms with van der Waals surface area (Å²) in [5, 5.41) is 5.33. The number of hydrogen-bond acceptors (Lipinski definition) is 1. The van der Waals surface area contributed by atoms with Crippen LogP contribution in [0.15, 0.2) is 42.6 Å². The van der Waals surface area contributed by atoms with E-state index in [1.807, 2.05) is 24.4 Å². The highest BCUT2D eigenvalue weighted by Gasteiger charge is 2.05. The van der Waals surface area contributed by atoms with Crippen LogP contribution in [0.2, 0.25) is 10.0 Å². The molecule has 5 heteroatoms. The van der Waals surface area contributed by atoms with Gasteiger partial charge < -0.3 is 10.3 Å². The average Bonchev–Trinajstić information content (AvgIpc) is 2.85. The van der Waals surface area contributed by atoms with Gasteiger partial charge in [-0.05, 0) is 35.4 Å². The number of rotatable bonds is 4. The molecule has 0 spiro atoms. The van der Waals surface area contributed by atoms with Crippen molar-refractivity contribution < 1.29 is 4.39 Å². The van der Waals surface area contributed by atoms with E-state index in [9.17, 15) is 4.39 Å². The predicted octanol–water partition coefficient (Wildman–Crippen LogP) is 4.90. The van der Waals surface area contributed by atoms with Crippen LogP contribution < -0.4 is 5.32 Å². The standard InChI is InChI=1S/C16H13Cl2FN2/c17-12-2-3-13-11(9-21-16(13)6-12)8-20-7-10-1-4-15(19)14(18)5-10/h1-6,9,20-21H,7-8H2. The number of hydrogen-bond donors (Lipinski definition) is 2. The molecule has 1 heterocycles. The van der Waals surface area contributed by atoms with Gasteiger partial charge in [0.05, 0.1) is 5.02 Å². The first-order chi connectivity index (χ1) is 10.1. The Kier molecular flexibility index (Phi) is 4.15. The molecule has 0 radical (unpaired) electrons. The molecule has 0 amide bonds. The maximum Gasteiger partial charge on any atom is 0.141 e. The maximum atomic E-state index is 13.1. The van der Waals surface area contributed by atoms with E-state index < -0.39 is 5.82 Å². The molecule has 2 N–H and O–H groups in total. The van der Waals surface area contributed by atoms with Crippen molar-refractivity contribution in [1.29, 1.82) is 0 Å². The maximum absolute atomic E-state index is 13.1. The van der Waals surface area contributed by atoms with Gasteiger partial charge in [-0.15, -0.1) is 0 Å². The Bertz CT molecular complexity index is 783.